The Balaban J connectivity index is 2.36. The second-order valence-corrected chi connectivity index (χ2v) is 4.35. The molecule has 2 heterocycles. The van der Waals surface area contributed by atoms with Crippen LogP contribution in [0, 0.1) is 13.8 Å². The summed E-state index contributed by atoms with van der Waals surface area (Å²) in [6.07, 6.45) is 2.76. The molecule has 2 aromatic rings. The summed E-state index contributed by atoms with van der Waals surface area (Å²) < 4.78 is 0. The lowest BCUT2D eigenvalue weighted by atomic mass is 10.1. The van der Waals surface area contributed by atoms with Gasteiger partial charge >= 0.3 is 0 Å². The van der Waals surface area contributed by atoms with E-state index in [0.717, 1.165) is 21.8 Å². The van der Waals surface area contributed by atoms with Gasteiger partial charge in [0, 0.05) is 29.0 Å². The molecule has 0 radical (unpaired) electrons. The van der Waals surface area contributed by atoms with Gasteiger partial charge in [0.1, 0.15) is 11.1 Å². The van der Waals surface area contributed by atoms with Gasteiger partial charge in [0.2, 0.25) is 0 Å². The Morgan fingerprint density at radius 3 is 2.80 bits per heavy atom. The van der Waals surface area contributed by atoms with Crippen LogP contribution in [0.15, 0.2) is 23.8 Å². The molecule has 2 rings (SSSR count). The van der Waals surface area contributed by atoms with E-state index in [2.05, 4.69) is 9.97 Å². The molecule has 0 aliphatic carbocycles. The molecule has 0 aliphatic heterocycles. The minimum atomic E-state index is -0.655. The monoisotopic (exact) mass is 220 g/mol. The van der Waals surface area contributed by atoms with E-state index in [0.29, 0.717) is 0 Å². The van der Waals surface area contributed by atoms with Crippen molar-refractivity contribution < 1.29 is 5.11 Å². The fraction of sp³-hybridized carbons (Fsp3) is 0.273. The van der Waals surface area contributed by atoms with Crippen molar-refractivity contribution in [2.75, 3.05) is 0 Å². The Morgan fingerprint density at radius 2 is 2.20 bits per heavy atom. The smallest absolute Gasteiger partial charge is 0.132 e. The van der Waals surface area contributed by atoms with E-state index in [1.165, 1.54) is 11.3 Å². The topological polar surface area (TPSA) is 46.0 Å². The number of thiazole rings is 1. The third-order valence-corrected chi connectivity index (χ3v) is 3.26. The van der Waals surface area contributed by atoms with Crippen molar-refractivity contribution in [2.45, 2.75) is 20.0 Å². The Kier molecular flexibility index (Phi) is 2.79. The van der Waals surface area contributed by atoms with Crippen LogP contribution >= 0.6 is 11.3 Å². The first-order valence-corrected chi connectivity index (χ1v) is 5.57. The molecule has 3 nitrogen and oxygen atoms in total. The molecule has 78 valence electrons. The van der Waals surface area contributed by atoms with Gasteiger partial charge in [-0.25, -0.2) is 4.98 Å². The standard InChI is InChI=1S/C11H12N2OS/c1-7-3-4-12-5-9(7)10(14)11-13-8(2)6-15-11/h3-6,10,14H,1-2H3. The number of aromatic nitrogens is 2. The van der Waals surface area contributed by atoms with E-state index in [9.17, 15) is 5.11 Å². The summed E-state index contributed by atoms with van der Waals surface area (Å²) in [6.45, 7) is 3.88. The molecule has 0 aliphatic rings. The van der Waals surface area contributed by atoms with Gasteiger partial charge in [-0.3, -0.25) is 4.98 Å². The number of hydrogen-bond acceptors (Lipinski definition) is 4. The van der Waals surface area contributed by atoms with Crippen molar-refractivity contribution >= 4 is 11.3 Å². The highest BCUT2D eigenvalue weighted by Gasteiger charge is 2.15. The lowest BCUT2D eigenvalue weighted by molar-refractivity contribution is 0.218. The van der Waals surface area contributed by atoms with E-state index in [1.54, 1.807) is 12.4 Å². The Labute approximate surface area is 92.5 Å². The zero-order chi connectivity index (χ0) is 10.8. The van der Waals surface area contributed by atoms with Gasteiger partial charge in [-0.2, -0.15) is 0 Å². The highest BCUT2D eigenvalue weighted by Crippen LogP contribution is 2.26. The lowest BCUT2D eigenvalue weighted by Gasteiger charge is -2.09. The molecule has 0 saturated heterocycles. The van der Waals surface area contributed by atoms with Crippen molar-refractivity contribution in [3.63, 3.8) is 0 Å². The molecule has 2 aromatic heterocycles. The molecule has 1 N–H and O–H groups in total. The summed E-state index contributed by atoms with van der Waals surface area (Å²) in [5, 5.41) is 12.8. The van der Waals surface area contributed by atoms with Gasteiger partial charge in [-0.05, 0) is 25.5 Å². The number of rotatable bonds is 2. The van der Waals surface area contributed by atoms with Crippen LogP contribution in [0.1, 0.15) is 27.9 Å². The predicted octanol–water partition coefficient (Wildman–Crippen LogP) is 2.24. The van der Waals surface area contributed by atoms with Crippen LogP contribution in [0.3, 0.4) is 0 Å². The number of nitrogens with zero attached hydrogens (tertiary/aromatic N) is 2. The summed E-state index contributed by atoms with van der Waals surface area (Å²) in [5.41, 5.74) is 2.80. The molecule has 0 bridgehead atoms. The largest absolute Gasteiger partial charge is 0.381 e. The van der Waals surface area contributed by atoms with Gasteiger partial charge in [-0.1, -0.05) is 0 Å². The van der Waals surface area contributed by atoms with E-state index >= 15 is 0 Å². The maximum atomic E-state index is 10.1. The second-order valence-electron chi connectivity index (χ2n) is 3.46. The maximum Gasteiger partial charge on any atom is 0.132 e. The predicted molar refractivity (Wildman–Crippen MR) is 59.9 cm³/mol. The molecular formula is C11H12N2OS. The summed E-state index contributed by atoms with van der Waals surface area (Å²) in [4.78, 5) is 8.28. The normalized spacial score (nSPS) is 12.7. The molecule has 0 aromatic carbocycles. The molecule has 0 saturated carbocycles. The highest BCUT2D eigenvalue weighted by molar-refractivity contribution is 7.09. The first kappa shape index (κ1) is 10.3. The Morgan fingerprint density at radius 1 is 1.40 bits per heavy atom. The number of aryl methyl sites for hydroxylation is 2. The number of aliphatic hydroxyl groups excluding tert-OH is 1. The van der Waals surface area contributed by atoms with Gasteiger partial charge in [0.25, 0.3) is 0 Å². The van der Waals surface area contributed by atoms with Crippen molar-refractivity contribution in [2.24, 2.45) is 0 Å². The van der Waals surface area contributed by atoms with Crippen molar-refractivity contribution in [3.05, 3.63) is 45.7 Å². The molecule has 0 spiro atoms. The van der Waals surface area contributed by atoms with Crippen LogP contribution in [0.25, 0.3) is 0 Å². The van der Waals surface area contributed by atoms with E-state index in [-0.39, 0.29) is 0 Å². The summed E-state index contributed by atoms with van der Waals surface area (Å²) >= 11 is 1.47. The SMILES string of the molecule is Cc1csc(C(O)c2cnccc2C)n1. The van der Waals surface area contributed by atoms with Crippen molar-refractivity contribution in [1.29, 1.82) is 0 Å². The second kappa shape index (κ2) is 4.08. The van der Waals surface area contributed by atoms with E-state index in [4.69, 9.17) is 0 Å². The zero-order valence-electron chi connectivity index (χ0n) is 8.64. The minimum absolute atomic E-state index is 0.655. The molecular weight excluding hydrogens is 208 g/mol. The summed E-state index contributed by atoms with van der Waals surface area (Å²) in [5.74, 6) is 0. The van der Waals surface area contributed by atoms with Crippen molar-refractivity contribution in [1.82, 2.24) is 9.97 Å². The molecule has 1 atom stereocenters. The van der Waals surface area contributed by atoms with Crippen LogP contribution in [-0.4, -0.2) is 15.1 Å². The van der Waals surface area contributed by atoms with Crippen LogP contribution < -0.4 is 0 Å². The Hall–Kier alpha value is -1.26. The average Bonchev–Trinajstić information content (AvgIpc) is 2.65. The average molecular weight is 220 g/mol. The van der Waals surface area contributed by atoms with Gasteiger partial charge in [0.15, 0.2) is 0 Å². The van der Waals surface area contributed by atoms with Gasteiger partial charge in [0.05, 0.1) is 0 Å². The van der Waals surface area contributed by atoms with E-state index in [1.807, 2.05) is 25.3 Å². The maximum absolute atomic E-state index is 10.1. The fourth-order valence-corrected chi connectivity index (χ4v) is 2.19. The fourth-order valence-electron chi connectivity index (χ4n) is 1.39. The van der Waals surface area contributed by atoms with Crippen molar-refractivity contribution in [3.8, 4) is 0 Å². The first-order valence-electron chi connectivity index (χ1n) is 4.69. The van der Waals surface area contributed by atoms with Crippen LogP contribution in [-0.2, 0) is 0 Å². The molecule has 15 heavy (non-hydrogen) atoms. The third kappa shape index (κ3) is 2.06. The van der Waals surface area contributed by atoms with Crippen LogP contribution in [0.4, 0.5) is 0 Å². The Bertz CT molecular complexity index is 467. The first-order chi connectivity index (χ1) is 7.18. The number of pyridine rings is 1. The summed E-state index contributed by atoms with van der Waals surface area (Å²) in [7, 11) is 0. The quantitative estimate of drug-likeness (QED) is 0.844. The van der Waals surface area contributed by atoms with Crippen LogP contribution in [0.5, 0.6) is 0 Å². The number of hydrogen-bond donors (Lipinski definition) is 1. The number of aliphatic hydroxyl groups is 1. The van der Waals surface area contributed by atoms with E-state index < -0.39 is 6.10 Å². The minimum Gasteiger partial charge on any atom is -0.381 e. The molecule has 4 heteroatoms. The molecule has 0 fully saturated rings. The third-order valence-electron chi connectivity index (χ3n) is 2.24. The molecule has 1 unspecified atom stereocenters. The highest BCUT2D eigenvalue weighted by atomic mass is 32.1. The van der Waals surface area contributed by atoms with Gasteiger partial charge < -0.3 is 5.11 Å². The zero-order valence-corrected chi connectivity index (χ0v) is 9.45. The van der Waals surface area contributed by atoms with Gasteiger partial charge in [-0.15, -0.1) is 11.3 Å². The van der Waals surface area contributed by atoms with Crippen LogP contribution in [0.2, 0.25) is 0 Å². The lowest BCUT2D eigenvalue weighted by Crippen LogP contribution is -2.02. The summed E-state index contributed by atoms with van der Waals surface area (Å²) in [6, 6.07) is 1.89. The molecule has 0 amide bonds.